The zero-order valence-corrected chi connectivity index (χ0v) is 16.9. The molecule has 3 aromatic carbocycles. The van der Waals surface area contributed by atoms with Crippen LogP contribution >= 0.6 is 0 Å². The molecule has 2 heterocycles. The molecule has 7 N–H and O–H groups in total. The molecule has 0 aliphatic carbocycles. The number of aromatic amines is 1. The van der Waals surface area contributed by atoms with Gasteiger partial charge in [-0.25, -0.2) is 0 Å². The maximum atomic E-state index is 10.2. The van der Waals surface area contributed by atoms with Crippen LogP contribution in [-0.2, 0) is 13.0 Å². The number of fused-ring (bicyclic) bond motifs is 2. The summed E-state index contributed by atoms with van der Waals surface area (Å²) in [5.74, 6) is -0.589. The van der Waals surface area contributed by atoms with Crippen LogP contribution in [0.15, 0.2) is 60.8 Å². The Kier molecular flexibility index (Phi) is 5.81. The van der Waals surface area contributed by atoms with Gasteiger partial charge in [0.2, 0.25) is 0 Å². The fourth-order valence-corrected chi connectivity index (χ4v) is 3.73. The molecular weight excluding hydrogens is 414 g/mol. The van der Waals surface area contributed by atoms with E-state index in [2.05, 4.69) is 4.98 Å². The lowest BCUT2D eigenvalue weighted by molar-refractivity contribution is 0.0197. The van der Waals surface area contributed by atoms with Crippen molar-refractivity contribution >= 4 is 10.9 Å². The molecule has 166 valence electrons. The molecule has 8 nitrogen and oxygen atoms in total. The van der Waals surface area contributed by atoms with Gasteiger partial charge in [-0.15, -0.1) is 0 Å². The van der Waals surface area contributed by atoms with Crippen molar-refractivity contribution in [1.29, 1.82) is 0 Å². The highest BCUT2D eigenvalue weighted by Crippen LogP contribution is 2.42. The third kappa shape index (κ3) is 4.14. The van der Waals surface area contributed by atoms with E-state index in [1.165, 1.54) is 30.3 Å². The highest BCUT2D eigenvalue weighted by atomic mass is 16.5. The molecule has 0 spiro atoms. The van der Waals surface area contributed by atoms with Crippen LogP contribution in [0.1, 0.15) is 22.8 Å². The van der Waals surface area contributed by atoms with Crippen LogP contribution in [0.4, 0.5) is 0 Å². The van der Waals surface area contributed by atoms with E-state index >= 15 is 0 Å². The Labute approximate surface area is 183 Å². The fraction of sp³-hybridized carbons (Fsp3) is 0.167. The largest absolute Gasteiger partial charge is 0.508 e. The number of aliphatic hydroxyl groups excluding tert-OH is 2. The first-order valence-electron chi connectivity index (χ1n) is 9.94. The number of aliphatic hydroxyl groups is 2. The van der Waals surface area contributed by atoms with E-state index in [9.17, 15) is 25.5 Å². The summed E-state index contributed by atoms with van der Waals surface area (Å²) in [4.78, 5) is 3.08. The fourth-order valence-electron chi connectivity index (χ4n) is 3.73. The van der Waals surface area contributed by atoms with E-state index in [1.807, 2.05) is 30.5 Å². The van der Waals surface area contributed by atoms with Gasteiger partial charge in [0.15, 0.2) is 11.5 Å². The molecule has 5 rings (SSSR count). The number of hydrogen-bond acceptors (Lipinski definition) is 7. The summed E-state index contributed by atoms with van der Waals surface area (Å²) in [6.45, 7) is 0.101. The number of aromatic hydroxyl groups is 4. The van der Waals surface area contributed by atoms with E-state index in [1.54, 1.807) is 0 Å². The summed E-state index contributed by atoms with van der Waals surface area (Å²) in [6, 6.07) is 14.6. The van der Waals surface area contributed by atoms with Gasteiger partial charge >= 0.3 is 0 Å². The first kappa shape index (κ1) is 21.4. The summed E-state index contributed by atoms with van der Waals surface area (Å²) >= 11 is 0. The molecule has 0 fully saturated rings. The number of para-hydroxylation sites is 1. The standard InChI is InChI=1S/C15H14O6.C9H9NO/c16-8-4-11(18)9-6-13(20)15(21-14(9)5-8)7-1-2-10(17)12(19)3-7;11-6-7-5-10-9-4-2-1-3-8(7)9/h1-5,13,15-20H,6H2;1-5,10-11H,6H2/t13-,15+;/m0./s1. The predicted octanol–water partition coefficient (Wildman–Crippen LogP) is 3.21. The second kappa shape index (κ2) is 8.70. The highest BCUT2D eigenvalue weighted by Gasteiger charge is 2.32. The monoisotopic (exact) mass is 437 g/mol. The molecule has 0 bridgehead atoms. The third-order valence-electron chi connectivity index (χ3n) is 5.36. The first-order valence-corrected chi connectivity index (χ1v) is 9.94. The maximum absolute atomic E-state index is 10.2. The first-order chi connectivity index (χ1) is 15.4. The molecule has 0 amide bonds. The zero-order valence-electron chi connectivity index (χ0n) is 16.9. The van der Waals surface area contributed by atoms with Crippen molar-refractivity contribution in [2.75, 3.05) is 0 Å². The summed E-state index contributed by atoms with van der Waals surface area (Å²) in [5, 5.41) is 58.3. The molecule has 4 aromatic rings. The van der Waals surface area contributed by atoms with Crippen LogP contribution in [0.3, 0.4) is 0 Å². The molecule has 0 saturated carbocycles. The Balaban J connectivity index is 0.000000186. The molecule has 1 aliphatic heterocycles. The molecule has 1 aromatic heterocycles. The summed E-state index contributed by atoms with van der Waals surface area (Å²) in [7, 11) is 0. The van der Waals surface area contributed by atoms with Gasteiger partial charge in [-0.1, -0.05) is 24.3 Å². The second-order valence-corrected chi connectivity index (χ2v) is 7.52. The summed E-state index contributed by atoms with van der Waals surface area (Å²) in [5.41, 5.74) is 2.93. The minimum Gasteiger partial charge on any atom is -0.508 e. The van der Waals surface area contributed by atoms with Crippen molar-refractivity contribution in [2.24, 2.45) is 0 Å². The number of H-pyrrole nitrogens is 1. The van der Waals surface area contributed by atoms with Crippen molar-refractivity contribution in [1.82, 2.24) is 4.98 Å². The van der Waals surface area contributed by atoms with Gasteiger partial charge in [0.25, 0.3) is 0 Å². The molecule has 0 saturated heterocycles. The lowest BCUT2D eigenvalue weighted by Gasteiger charge is -2.31. The van der Waals surface area contributed by atoms with Crippen molar-refractivity contribution in [2.45, 2.75) is 25.2 Å². The molecule has 8 heteroatoms. The maximum Gasteiger partial charge on any atom is 0.157 e. The Morgan fingerprint density at radius 1 is 0.906 bits per heavy atom. The zero-order chi connectivity index (χ0) is 22.8. The minimum atomic E-state index is -0.933. The molecule has 0 unspecified atom stereocenters. The number of phenols is 4. The van der Waals surface area contributed by atoms with Crippen LogP contribution in [0, 0.1) is 0 Å². The van der Waals surface area contributed by atoms with Gasteiger partial charge < -0.3 is 40.4 Å². The van der Waals surface area contributed by atoms with Crippen LogP contribution in [-0.4, -0.2) is 41.7 Å². The number of aromatic nitrogens is 1. The van der Waals surface area contributed by atoms with Crippen molar-refractivity contribution in [3.63, 3.8) is 0 Å². The van der Waals surface area contributed by atoms with E-state index < -0.39 is 12.2 Å². The average Bonchev–Trinajstić information content (AvgIpc) is 3.20. The molecule has 1 aliphatic rings. The molecule has 0 radical (unpaired) electrons. The summed E-state index contributed by atoms with van der Waals surface area (Å²) in [6.07, 6.45) is 0.278. The average molecular weight is 437 g/mol. The molecule has 2 atom stereocenters. The predicted molar refractivity (Wildman–Crippen MR) is 117 cm³/mol. The van der Waals surface area contributed by atoms with Crippen LogP contribution < -0.4 is 4.74 Å². The van der Waals surface area contributed by atoms with Gasteiger partial charge in [0, 0.05) is 46.8 Å². The highest BCUT2D eigenvalue weighted by molar-refractivity contribution is 5.82. The van der Waals surface area contributed by atoms with Gasteiger partial charge in [0.1, 0.15) is 23.4 Å². The Morgan fingerprint density at radius 2 is 1.69 bits per heavy atom. The number of hydrogen-bond donors (Lipinski definition) is 7. The lowest BCUT2D eigenvalue weighted by Crippen LogP contribution is -2.30. The van der Waals surface area contributed by atoms with Crippen LogP contribution in [0.25, 0.3) is 10.9 Å². The van der Waals surface area contributed by atoms with Crippen LogP contribution in [0.5, 0.6) is 28.7 Å². The lowest BCUT2D eigenvalue weighted by atomic mass is 9.94. The SMILES string of the molecule is OCc1c[nH]c2ccccc12.Oc1cc(O)c2c(c1)O[C@H](c1ccc(O)c(O)c1)[C@@H](O)C2. The van der Waals surface area contributed by atoms with Gasteiger partial charge in [-0.2, -0.15) is 0 Å². The van der Waals surface area contributed by atoms with Crippen LogP contribution in [0.2, 0.25) is 0 Å². The molecular formula is C24H23NO7. The quantitative estimate of drug-likeness (QED) is 0.238. The normalized spacial score (nSPS) is 17.2. The number of benzene rings is 3. The van der Waals surface area contributed by atoms with Crippen molar-refractivity contribution in [3.05, 3.63) is 77.5 Å². The van der Waals surface area contributed by atoms with E-state index in [0.29, 0.717) is 11.1 Å². The third-order valence-corrected chi connectivity index (χ3v) is 5.36. The van der Waals surface area contributed by atoms with E-state index in [4.69, 9.17) is 9.84 Å². The summed E-state index contributed by atoms with van der Waals surface area (Å²) < 4.78 is 5.62. The van der Waals surface area contributed by atoms with E-state index in [0.717, 1.165) is 16.5 Å². The van der Waals surface area contributed by atoms with Crippen molar-refractivity contribution < 1.29 is 35.4 Å². The smallest absolute Gasteiger partial charge is 0.157 e. The number of nitrogens with one attached hydrogen (secondary N) is 1. The topological polar surface area (TPSA) is 146 Å². The van der Waals surface area contributed by atoms with E-state index in [-0.39, 0.29) is 41.8 Å². The number of rotatable bonds is 2. The van der Waals surface area contributed by atoms with Crippen molar-refractivity contribution in [3.8, 4) is 28.7 Å². The minimum absolute atomic E-state index is 0.101. The van der Waals surface area contributed by atoms with Gasteiger partial charge in [-0.05, 0) is 23.8 Å². The molecule has 32 heavy (non-hydrogen) atoms. The number of phenolic OH excluding ortho intramolecular Hbond substituents is 4. The second-order valence-electron chi connectivity index (χ2n) is 7.52. The number of ether oxygens (including phenoxy) is 1. The van der Waals surface area contributed by atoms with Gasteiger partial charge in [-0.3, -0.25) is 0 Å². The van der Waals surface area contributed by atoms with Gasteiger partial charge in [0.05, 0.1) is 12.7 Å². The Hall–Kier alpha value is -3.88. The Morgan fingerprint density at radius 3 is 2.44 bits per heavy atom. The Bertz CT molecular complexity index is 1250.